The molecular weight excluding hydrogens is 451 g/mol. The summed E-state index contributed by atoms with van der Waals surface area (Å²) in [6.45, 7) is 3.90. The van der Waals surface area contributed by atoms with Crippen molar-refractivity contribution in [1.82, 2.24) is 15.2 Å². The Kier molecular flexibility index (Phi) is 7.80. The van der Waals surface area contributed by atoms with E-state index < -0.39 is 17.7 Å². The van der Waals surface area contributed by atoms with E-state index in [1.165, 1.54) is 7.11 Å². The Labute approximate surface area is 194 Å². The number of aromatic amines is 1. The van der Waals surface area contributed by atoms with Crippen LogP contribution in [-0.2, 0) is 23.8 Å². The SMILES string of the molecule is COc1cccc(CC(=O)O)c1OCCCc1cn[nH]c1-c1ncc(C(F)(F)F)cc1C(C)C. The number of aryl methyl sites for hydroxylation is 1. The Morgan fingerprint density at radius 1 is 1.21 bits per heavy atom. The normalized spacial score (nSPS) is 11.6. The number of hydrogen-bond acceptors (Lipinski definition) is 5. The number of ether oxygens (including phenoxy) is 2. The molecule has 0 saturated carbocycles. The largest absolute Gasteiger partial charge is 0.493 e. The van der Waals surface area contributed by atoms with Crippen molar-refractivity contribution < 1.29 is 32.5 Å². The van der Waals surface area contributed by atoms with Crippen molar-refractivity contribution in [2.45, 2.75) is 45.2 Å². The van der Waals surface area contributed by atoms with Gasteiger partial charge in [0.2, 0.25) is 0 Å². The van der Waals surface area contributed by atoms with Crippen LogP contribution in [0.15, 0.2) is 36.7 Å². The number of pyridine rings is 1. The standard InChI is InChI=1S/C24H26F3N3O4/c1-14(2)18-11-17(24(25,26)27)13-28-22(18)21-16(12-29-30-21)7-5-9-34-23-15(10-20(31)32)6-4-8-19(23)33-3/h4,6,8,11-14H,5,7,9-10H2,1-3H3,(H,29,30)(H,31,32). The topological polar surface area (TPSA) is 97.3 Å². The van der Waals surface area contributed by atoms with Gasteiger partial charge in [0.15, 0.2) is 11.5 Å². The van der Waals surface area contributed by atoms with Gasteiger partial charge in [-0.1, -0.05) is 26.0 Å². The van der Waals surface area contributed by atoms with Crippen LogP contribution in [0.25, 0.3) is 11.4 Å². The molecule has 2 heterocycles. The van der Waals surface area contributed by atoms with E-state index in [-0.39, 0.29) is 18.9 Å². The molecule has 0 atom stereocenters. The van der Waals surface area contributed by atoms with Crippen LogP contribution < -0.4 is 9.47 Å². The minimum atomic E-state index is -4.47. The number of carbonyl (C=O) groups is 1. The highest BCUT2D eigenvalue weighted by atomic mass is 19.4. The Balaban J connectivity index is 1.75. The molecule has 3 rings (SSSR count). The van der Waals surface area contributed by atoms with Crippen LogP contribution in [0.4, 0.5) is 13.2 Å². The molecule has 1 aromatic carbocycles. The molecule has 7 nitrogen and oxygen atoms in total. The third kappa shape index (κ3) is 5.86. The number of rotatable bonds is 10. The summed E-state index contributed by atoms with van der Waals surface area (Å²) in [5, 5.41) is 16.1. The molecule has 3 aromatic rings. The lowest BCUT2D eigenvalue weighted by Crippen LogP contribution is -2.09. The van der Waals surface area contributed by atoms with E-state index in [4.69, 9.17) is 14.6 Å². The van der Waals surface area contributed by atoms with Crippen molar-refractivity contribution in [3.05, 3.63) is 58.9 Å². The number of aliphatic carboxylic acids is 1. The van der Waals surface area contributed by atoms with Gasteiger partial charge in [-0.2, -0.15) is 18.3 Å². The summed E-state index contributed by atoms with van der Waals surface area (Å²) in [4.78, 5) is 15.3. The van der Waals surface area contributed by atoms with Gasteiger partial charge in [0.25, 0.3) is 0 Å². The predicted octanol–water partition coefficient (Wildman–Crippen LogP) is 5.26. The van der Waals surface area contributed by atoms with Gasteiger partial charge in [-0.25, -0.2) is 0 Å². The minimum Gasteiger partial charge on any atom is -0.493 e. The number of carboxylic acids is 1. The maximum absolute atomic E-state index is 13.2. The van der Waals surface area contributed by atoms with E-state index in [1.807, 2.05) is 13.8 Å². The molecule has 0 fully saturated rings. The van der Waals surface area contributed by atoms with Crippen molar-refractivity contribution in [2.24, 2.45) is 0 Å². The van der Waals surface area contributed by atoms with Crippen molar-refractivity contribution in [1.29, 1.82) is 0 Å². The van der Waals surface area contributed by atoms with Crippen LogP contribution in [-0.4, -0.2) is 40.0 Å². The molecule has 0 aliphatic heterocycles. The van der Waals surface area contributed by atoms with E-state index >= 15 is 0 Å². The van der Waals surface area contributed by atoms with Crippen LogP contribution >= 0.6 is 0 Å². The van der Waals surface area contributed by atoms with E-state index in [1.54, 1.807) is 24.4 Å². The first kappa shape index (κ1) is 25.1. The molecule has 0 aliphatic rings. The first-order valence-electron chi connectivity index (χ1n) is 10.7. The molecule has 0 saturated heterocycles. The van der Waals surface area contributed by atoms with Gasteiger partial charge in [-0.15, -0.1) is 0 Å². The molecule has 0 amide bonds. The van der Waals surface area contributed by atoms with E-state index in [0.29, 0.717) is 46.9 Å². The minimum absolute atomic E-state index is 0.178. The fourth-order valence-electron chi connectivity index (χ4n) is 3.62. The second kappa shape index (κ2) is 10.6. The van der Waals surface area contributed by atoms with E-state index in [2.05, 4.69) is 15.2 Å². The van der Waals surface area contributed by atoms with Gasteiger partial charge in [0.1, 0.15) is 0 Å². The van der Waals surface area contributed by atoms with Crippen LogP contribution in [0.3, 0.4) is 0 Å². The number of hydrogen-bond donors (Lipinski definition) is 2. The van der Waals surface area contributed by atoms with Gasteiger partial charge in [0.05, 0.1) is 43.3 Å². The molecule has 10 heteroatoms. The van der Waals surface area contributed by atoms with E-state index in [9.17, 15) is 18.0 Å². The van der Waals surface area contributed by atoms with Crippen LogP contribution in [0, 0.1) is 0 Å². The molecule has 0 aliphatic carbocycles. The number of para-hydroxylation sites is 1. The second-order valence-corrected chi connectivity index (χ2v) is 8.06. The highest BCUT2D eigenvalue weighted by Crippen LogP contribution is 2.35. The van der Waals surface area contributed by atoms with Crippen molar-refractivity contribution in [3.8, 4) is 22.9 Å². The maximum Gasteiger partial charge on any atom is 0.417 e. The number of aromatic nitrogens is 3. The van der Waals surface area contributed by atoms with Crippen molar-refractivity contribution in [2.75, 3.05) is 13.7 Å². The fourth-order valence-corrected chi connectivity index (χ4v) is 3.62. The number of H-pyrrole nitrogens is 1. The molecule has 0 bridgehead atoms. The molecule has 34 heavy (non-hydrogen) atoms. The molecule has 2 N–H and O–H groups in total. The molecule has 182 valence electrons. The summed E-state index contributed by atoms with van der Waals surface area (Å²) >= 11 is 0. The quantitative estimate of drug-likeness (QED) is 0.387. The molecule has 0 radical (unpaired) electrons. The first-order valence-corrected chi connectivity index (χ1v) is 10.7. The number of halogens is 3. The molecule has 0 unspecified atom stereocenters. The molecule has 0 spiro atoms. The summed E-state index contributed by atoms with van der Waals surface area (Å²) in [7, 11) is 1.48. The van der Waals surface area contributed by atoms with Crippen LogP contribution in [0.2, 0.25) is 0 Å². The smallest absolute Gasteiger partial charge is 0.417 e. The van der Waals surface area contributed by atoms with Gasteiger partial charge >= 0.3 is 12.1 Å². The zero-order chi connectivity index (χ0) is 24.9. The molecular formula is C24H26F3N3O4. The summed E-state index contributed by atoms with van der Waals surface area (Å²) in [5.41, 5.74) is 1.99. The van der Waals surface area contributed by atoms with E-state index in [0.717, 1.165) is 17.8 Å². The van der Waals surface area contributed by atoms with Gasteiger partial charge in [0, 0.05) is 11.8 Å². The number of methoxy groups -OCH3 is 1. The fraction of sp³-hybridized carbons (Fsp3) is 0.375. The maximum atomic E-state index is 13.2. The highest BCUT2D eigenvalue weighted by Gasteiger charge is 2.32. The number of nitrogens with one attached hydrogen (secondary N) is 1. The van der Waals surface area contributed by atoms with Gasteiger partial charge in [-0.05, 0) is 42.0 Å². The first-order chi connectivity index (χ1) is 16.1. The Hall–Kier alpha value is -3.56. The third-order valence-corrected chi connectivity index (χ3v) is 5.28. The number of nitrogens with zero attached hydrogens (tertiary/aromatic N) is 2. The monoisotopic (exact) mass is 477 g/mol. The lowest BCUT2D eigenvalue weighted by molar-refractivity contribution is -0.138. The van der Waals surface area contributed by atoms with Crippen LogP contribution in [0.1, 0.15) is 48.4 Å². The summed E-state index contributed by atoms with van der Waals surface area (Å²) < 4.78 is 50.7. The summed E-state index contributed by atoms with van der Waals surface area (Å²) in [6.07, 6.45) is -1.14. The highest BCUT2D eigenvalue weighted by molar-refractivity contribution is 5.72. The van der Waals surface area contributed by atoms with Gasteiger partial charge in [-0.3, -0.25) is 14.9 Å². The lowest BCUT2D eigenvalue weighted by Gasteiger charge is -2.16. The Morgan fingerprint density at radius 3 is 2.62 bits per heavy atom. The third-order valence-electron chi connectivity index (χ3n) is 5.28. The average Bonchev–Trinajstić information content (AvgIpc) is 3.24. The lowest BCUT2D eigenvalue weighted by atomic mass is 9.96. The Bertz CT molecular complexity index is 1140. The second-order valence-electron chi connectivity index (χ2n) is 8.06. The Morgan fingerprint density at radius 2 is 1.97 bits per heavy atom. The number of benzene rings is 1. The zero-order valence-electron chi connectivity index (χ0n) is 19.1. The average molecular weight is 477 g/mol. The zero-order valence-corrected chi connectivity index (χ0v) is 19.1. The number of carboxylic acid groups (broad SMARTS) is 1. The van der Waals surface area contributed by atoms with Crippen LogP contribution in [0.5, 0.6) is 11.5 Å². The number of alkyl halides is 3. The predicted molar refractivity (Wildman–Crippen MR) is 119 cm³/mol. The van der Waals surface area contributed by atoms with Crippen molar-refractivity contribution in [3.63, 3.8) is 0 Å². The van der Waals surface area contributed by atoms with Gasteiger partial charge < -0.3 is 14.6 Å². The summed E-state index contributed by atoms with van der Waals surface area (Å²) in [6, 6.07) is 6.19. The molecule has 2 aromatic heterocycles. The van der Waals surface area contributed by atoms with Crippen molar-refractivity contribution >= 4 is 5.97 Å². The summed E-state index contributed by atoms with van der Waals surface area (Å²) in [5.74, 6) is -0.335.